The van der Waals surface area contributed by atoms with Crippen LogP contribution >= 0.6 is 0 Å². The Balaban J connectivity index is 2.13. The number of rotatable bonds is 5. The molecule has 0 amide bonds. The molecule has 0 aliphatic carbocycles. The minimum absolute atomic E-state index is 0.0731. The quantitative estimate of drug-likeness (QED) is 0.358. The SMILES string of the molecule is CN(C)CC1CCCN1Cc1cccnc1C(N)=NO. The summed E-state index contributed by atoms with van der Waals surface area (Å²) in [6.07, 6.45) is 4.10. The van der Waals surface area contributed by atoms with Gasteiger partial charge >= 0.3 is 0 Å². The maximum absolute atomic E-state index is 8.85. The lowest BCUT2D eigenvalue weighted by atomic mass is 10.1. The summed E-state index contributed by atoms with van der Waals surface area (Å²) in [7, 11) is 4.20. The van der Waals surface area contributed by atoms with Gasteiger partial charge in [0.15, 0.2) is 5.84 Å². The zero-order chi connectivity index (χ0) is 14.5. The van der Waals surface area contributed by atoms with Gasteiger partial charge in [0.2, 0.25) is 0 Å². The van der Waals surface area contributed by atoms with E-state index in [0.717, 1.165) is 25.2 Å². The fourth-order valence-electron chi connectivity index (χ4n) is 2.79. The van der Waals surface area contributed by atoms with Crippen LogP contribution in [0.1, 0.15) is 24.1 Å². The molecule has 1 fully saturated rings. The van der Waals surface area contributed by atoms with E-state index >= 15 is 0 Å². The first-order chi connectivity index (χ1) is 9.61. The highest BCUT2D eigenvalue weighted by atomic mass is 16.4. The molecule has 1 aliphatic heterocycles. The second-order valence-corrected chi connectivity index (χ2v) is 5.53. The van der Waals surface area contributed by atoms with Gasteiger partial charge in [-0.15, -0.1) is 0 Å². The van der Waals surface area contributed by atoms with E-state index in [0.29, 0.717) is 11.7 Å². The van der Waals surface area contributed by atoms with Crippen LogP contribution in [0, 0.1) is 0 Å². The topological polar surface area (TPSA) is 78.0 Å². The molecule has 1 aromatic heterocycles. The van der Waals surface area contributed by atoms with Crippen LogP contribution in [0.5, 0.6) is 0 Å². The largest absolute Gasteiger partial charge is 0.409 e. The highest BCUT2D eigenvalue weighted by Gasteiger charge is 2.25. The van der Waals surface area contributed by atoms with Crippen LogP contribution in [0.15, 0.2) is 23.5 Å². The molecule has 2 heterocycles. The van der Waals surface area contributed by atoms with Gasteiger partial charge in [-0.2, -0.15) is 0 Å². The molecule has 0 radical (unpaired) electrons. The van der Waals surface area contributed by atoms with Crippen molar-refractivity contribution < 1.29 is 5.21 Å². The number of pyridine rings is 1. The molecule has 0 spiro atoms. The summed E-state index contributed by atoms with van der Waals surface area (Å²) in [5, 5.41) is 11.9. The first-order valence-corrected chi connectivity index (χ1v) is 6.92. The van der Waals surface area contributed by atoms with Crippen molar-refractivity contribution in [2.24, 2.45) is 10.9 Å². The van der Waals surface area contributed by atoms with Crippen LogP contribution in [-0.4, -0.2) is 59.1 Å². The molecule has 2 rings (SSSR count). The number of hydrogen-bond acceptors (Lipinski definition) is 5. The first kappa shape index (κ1) is 14.7. The predicted octanol–water partition coefficient (Wildman–Crippen LogP) is 0.702. The first-order valence-electron chi connectivity index (χ1n) is 6.92. The fraction of sp³-hybridized carbons (Fsp3) is 0.571. The Morgan fingerprint density at radius 2 is 2.40 bits per heavy atom. The third kappa shape index (κ3) is 3.46. The van der Waals surface area contributed by atoms with Crippen molar-refractivity contribution in [1.29, 1.82) is 0 Å². The monoisotopic (exact) mass is 277 g/mol. The smallest absolute Gasteiger partial charge is 0.189 e. The summed E-state index contributed by atoms with van der Waals surface area (Å²) in [5.74, 6) is 0.0731. The number of oxime groups is 1. The fourth-order valence-corrected chi connectivity index (χ4v) is 2.79. The maximum atomic E-state index is 8.85. The van der Waals surface area contributed by atoms with Gasteiger partial charge in [-0.05, 0) is 45.1 Å². The number of nitrogens with zero attached hydrogens (tertiary/aromatic N) is 4. The van der Waals surface area contributed by atoms with Gasteiger partial charge in [-0.25, -0.2) is 0 Å². The second-order valence-electron chi connectivity index (χ2n) is 5.53. The molecule has 1 unspecified atom stereocenters. The van der Waals surface area contributed by atoms with E-state index in [-0.39, 0.29) is 5.84 Å². The van der Waals surface area contributed by atoms with Gasteiger partial charge in [0.25, 0.3) is 0 Å². The minimum Gasteiger partial charge on any atom is -0.409 e. The van der Waals surface area contributed by atoms with Crippen LogP contribution < -0.4 is 5.73 Å². The molecular weight excluding hydrogens is 254 g/mol. The Bertz CT molecular complexity index is 474. The molecule has 3 N–H and O–H groups in total. The van der Waals surface area contributed by atoms with Gasteiger partial charge in [0.1, 0.15) is 5.69 Å². The van der Waals surface area contributed by atoms with Crippen molar-refractivity contribution in [1.82, 2.24) is 14.8 Å². The lowest BCUT2D eigenvalue weighted by molar-refractivity contribution is 0.201. The normalized spacial score (nSPS) is 20.8. The third-order valence-electron chi connectivity index (χ3n) is 3.69. The van der Waals surface area contributed by atoms with Crippen molar-refractivity contribution in [2.45, 2.75) is 25.4 Å². The Kier molecular flexibility index (Phi) is 4.92. The zero-order valence-corrected chi connectivity index (χ0v) is 12.2. The van der Waals surface area contributed by atoms with Crippen LogP contribution in [0.3, 0.4) is 0 Å². The molecule has 6 heteroatoms. The number of likely N-dealkylation sites (N-methyl/N-ethyl adjacent to an activating group) is 1. The van der Waals surface area contributed by atoms with Crippen LogP contribution in [0.2, 0.25) is 0 Å². The summed E-state index contributed by atoms with van der Waals surface area (Å²) in [6, 6.07) is 4.44. The van der Waals surface area contributed by atoms with Crippen molar-refractivity contribution in [2.75, 3.05) is 27.2 Å². The number of amidine groups is 1. The molecule has 0 aromatic carbocycles. The molecule has 0 saturated carbocycles. The lowest BCUT2D eigenvalue weighted by Gasteiger charge is -2.27. The van der Waals surface area contributed by atoms with Crippen molar-refractivity contribution in [3.63, 3.8) is 0 Å². The zero-order valence-electron chi connectivity index (χ0n) is 12.2. The van der Waals surface area contributed by atoms with Crippen molar-refractivity contribution in [3.05, 3.63) is 29.6 Å². The molecule has 1 aromatic rings. The predicted molar refractivity (Wildman–Crippen MR) is 78.7 cm³/mol. The van der Waals surface area contributed by atoms with Crippen molar-refractivity contribution >= 4 is 5.84 Å². The molecule has 1 aliphatic rings. The number of aromatic nitrogens is 1. The molecular formula is C14H23N5O. The summed E-state index contributed by atoms with van der Waals surface area (Å²) in [5.41, 5.74) is 7.28. The Labute approximate surface area is 119 Å². The molecule has 110 valence electrons. The maximum Gasteiger partial charge on any atom is 0.189 e. The summed E-state index contributed by atoms with van der Waals surface area (Å²) in [6.45, 7) is 2.93. The van der Waals surface area contributed by atoms with Gasteiger partial charge in [-0.3, -0.25) is 9.88 Å². The van der Waals surface area contributed by atoms with E-state index in [1.807, 2.05) is 12.1 Å². The molecule has 1 atom stereocenters. The Hall–Kier alpha value is -1.66. The standard InChI is InChI=1S/C14H23N5O/c1-18(2)10-12-6-4-8-19(12)9-11-5-3-7-16-13(11)14(15)17-20/h3,5,7,12,20H,4,6,8-10H2,1-2H3,(H2,15,17). The second kappa shape index (κ2) is 6.67. The summed E-state index contributed by atoms with van der Waals surface area (Å²) in [4.78, 5) is 8.89. The van der Waals surface area contributed by atoms with Gasteiger partial charge in [0.05, 0.1) is 0 Å². The third-order valence-corrected chi connectivity index (χ3v) is 3.69. The van der Waals surface area contributed by atoms with Crippen molar-refractivity contribution in [3.8, 4) is 0 Å². The Morgan fingerprint density at radius 3 is 3.10 bits per heavy atom. The highest BCUT2D eigenvalue weighted by Crippen LogP contribution is 2.21. The van der Waals surface area contributed by atoms with E-state index in [4.69, 9.17) is 10.9 Å². The average Bonchev–Trinajstić information content (AvgIpc) is 2.85. The van der Waals surface area contributed by atoms with Gasteiger partial charge in [-0.1, -0.05) is 11.2 Å². The van der Waals surface area contributed by atoms with E-state index in [9.17, 15) is 0 Å². The van der Waals surface area contributed by atoms with Crippen LogP contribution in [-0.2, 0) is 6.54 Å². The van der Waals surface area contributed by atoms with E-state index in [2.05, 4.69) is 34.0 Å². The minimum atomic E-state index is 0.0731. The molecule has 0 bridgehead atoms. The Morgan fingerprint density at radius 1 is 1.60 bits per heavy atom. The van der Waals surface area contributed by atoms with E-state index < -0.39 is 0 Å². The highest BCUT2D eigenvalue weighted by molar-refractivity contribution is 5.96. The van der Waals surface area contributed by atoms with Crippen LogP contribution in [0.25, 0.3) is 0 Å². The number of nitrogens with two attached hydrogens (primary N) is 1. The molecule has 6 nitrogen and oxygen atoms in total. The number of likely N-dealkylation sites (tertiary alicyclic amines) is 1. The van der Waals surface area contributed by atoms with E-state index in [1.165, 1.54) is 12.8 Å². The average molecular weight is 277 g/mol. The van der Waals surface area contributed by atoms with Gasteiger partial charge in [0, 0.05) is 25.3 Å². The number of hydrogen-bond donors (Lipinski definition) is 2. The van der Waals surface area contributed by atoms with Gasteiger partial charge < -0.3 is 15.8 Å². The summed E-state index contributed by atoms with van der Waals surface area (Å²) >= 11 is 0. The lowest BCUT2D eigenvalue weighted by Crippen LogP contribution is -2.37. The van der Waals surface area contributed by atoms with Crippen LogP contribution in [0.4, 0.5) is 0 Å². The molecule has 1 saturated heterocycles. The molecule has 20 heavy (non-hydrogen) atoms. The summed E-state index contributed by atoms with van der Waals surface area (Å²) < 4.78 is 0. The van der Waals surface area contributed by atoms with E-state index in [1.54, 1.807) is 6.20 Å².